The van der Waals surface area contributed by atoms with E-state index < -0.39 is 5.60 Å². The number of likely N-dealkylation sites (tertiary alicyclic amines) is 1. The molecule has 0 spiro atoms. The fourth-order valence-electron chi connectivity index (χ4n) is 3.22. The highest BCUT2D eigenvalue weighted by atomic mass is 127. The van der Waals surface area contributed by atoms with E-state index in [1.807, 2.05) is 32.6 Å². The molecular weight excluding hydrogens is 429 g/mol. The molecule has 0 amide bonds. The molecule has 2 rings (SSSR count). The first kappa shape index (κ1) is 22.2. The van der Waals surface area contributed by atoms with Crippen molar-refractivity contribution in [2.45, 2.75) is 58.6 Å². The van der Waals surface area contributed by atoms with Gasteiger partial charge >= 0.3 is 0 Å². The lowest BCUT2D eigenvalue weighted by Gasteiger charge is -2.39. The minimum Gasteiger partial charge on any atom is -0.388 e. The molecule has 2 atom stereocenters. The number of hydrogen-bond acceptors (Lipinski definition) is 3. The molecule has 7 heteroatoms. The van der Waals surface area contributed by atoms with Crippen LogP contribution in [0.2, 0.25) is 0 Å². The molecule has 2 heterocycles. The third-order valence-corrected chi connectivity index (χ3v) is 5.30. The fourth-order valence-corrected chi connectivity index (χ4v) is 3.22. The second-order valence-electron chi connectivity index (χ2n) is 6.89. The van der Waals surface area contributed by atoms with Crippen LogP contribution in [0.1, 0.15) is 53.0 Å². The van der Waals surface area contributed by atoms with Crippen molar-refractivity contribution in [3.63, 3.8) is 0 Å². The molecule has 1 saturated heterocycles. The molecule has 2 unspecified atom stereocenters. The van der Waals surface area contributed by atoms with Gasteiger partial charge in [0.1, 0.15) is 0 Å². The van der Waals surface area contributed by atoms with Crippen LogP contribution < -0.4 is 5.32 Å². The van der Waals surface area contributed by atoms with Gasteiger partial charge in [-0.15, -0.1) is 24.0 Å². The van der Waals surface area contributed by atoms with Crippen LogP contribution in [0.4, 0.5) is 0 Å². The highest BCUT2D eigenvalue weighted by molar-refractivity contribution is 14.0. The van der Waals surface area contributed by atoms with Gasteiger partial charge < -0.3 is 19.9 Å². The van der Waals surface area contributed by atoms with E-state index in [0.29, 0.717) is 18.5 Å². The van der Waals surface area contributed by atoms with Crippen molar-refractivity contribution in [2.75, 3.05) is 26.2 Å². The molecule has 1 aliphatic heterocycles. The fraction of sp³-hybridized carbons (Fsp3) is 0.778. The lowest BCUT2D eigenvalue weighted by atomic mass is 9.93. The summed E-state index contributed by atoms with van der Waals surface area (Å²) in [5.74, 6) is 1.52. The molecule has 25 heavy (non-hydrogen) atoms. The number of hydrogen-bond donors (Lipinski definition) is 2. The minimum absolute atomic E-state index is 0. The number of nitrogens with zero attached hydrogens (tertiary/aromatic N) is 4. The maximum atomic E-state index is 10.5. The smallest absolute Gasteiger partial charge is 0.194 e. The first-order chi connectivity index (χ1) is 11.5. The quantitative estimate of drug-likeness (QED) is 0.387. The summed E-state index contributed by atoms with van der Waals surface area (Å²) in [7, 11) is 0. The minimum atomic E-state index is -0.701. The molecule has 1 aliphatic rings. The molecular formula is C18H34IN5O. The number of rotatable bonds is 6. The Bertz CT molecular complexity index is 516. The molecule has 0 radical (unpaired) electrons. The maximum absolute atomic E-state index is 10.5. The number of aliphatic hydroxyl groups is 1. The van der Waals surface area contributed by atoms with E-state index in [-0.39, 0.29) is 24.0 Å². The van der Waals surface area contributed by atoms with E-state index in [0.717, 1.165) is 44.9 Å². The summed E-state index contributed by atoms with van der Waals surface area (Å²) < 4.78 is 2.20. The average molecular weight is 463 g/mol. The van der Waals surface area contributed by atoms with Crippen LogP contribution in [0.3, 0.4) is 0 Å². The number of aliphatic imine (C=N–C) groups is 1. The SMILES string of the molecule is CCNC(=NCC(O)(CC)CC)N1CCC(C)C(n2ccnc2)C1.I. The summed E-state index contributed by atoms with van der Waals surface area (Å²) in [5, 5.41) is 13.9. The molecule has 6 nitrogen and oxygen atoms in total. The van der Waals surface area contributed by atoms with Gasteiger partial charge in [-0.1, -0.05) is 20.8 Å². The molecule has 1 fully saturated rings. The Morgan fingerprint density at radius 1 is 1.36 bits per heavy atom. The molecule has 0 bridgehead atoms. The summed E-state index contributed by atoms with van der Waals surface area (Å²) >= 11 is 0. The predicted molar refractivity (Wildman–Crippen MR) is 114 cm³/mol. The van der Waals surface area contributed by atoms with Crippen LogP contribution in [0.25, 0.3) is 0 Å². The standard InChI is InChI=1S/C18H33N5O.HI/c1-5-18(24,6-2)13-21-17(20-7-3)22-10-8-15(4)16(12-22)23-11-9-19-14-23;/h9,11,14-16,24H,5-8,10,12-13H2,1-4H3,(H,20,21);1H. The second-order valence-corrected chi connectivity index (χ2v) is 6.89. The van der Waals surface area contributed by atoms with E-state index >= 15 is 0 Å². The molecule has 0 saturated carbocycles. The van der Waals surface area contributed by atoms with Crippen molar-refractivity contribution < 1.29 is 5.11 Å². The van der Waals surface area contributed by atoms with Crippen molar-refractivity contribution >= 4 is 29.9 Å². The van der Waals surface area contributed by atoms with Crippen molar-refractivity contribution in [3.05, 3.63) is 18.7 Å². The first-order valence-corrected chi connectivity index (χ1v) is 9.26. The van der Waals surface area contributed by atoms with Gasteiger partial charge in [0.15, 0.2) is 5.96 Å². The van der Waals surface area contributed by atoms with E-state index in [9.17, 15) is 5.11 Å². The summed E-state index contributed by atoms with van der Waals surface area (Å²) in [6.07, 6.45) is 8.36. The molecule has 144 valence electrons. The zero-order valence-electron chi connectivity index (χ0n) is 16.0. The zero-order valence-corrected chi connectivity index (χ0v) is 18.3. The molecule has 1 aromatic heterocycles. The third kappa shape index (κ3) is 5.84. The van der Waals surface area contributed by atoms with Gasteiger partial charge in [-0.3, -0.25) is 4.99 Å². The highest BCUT2D eigenvalue weighted by Crippen LogP contribution is 2.27. The van der Waals surface area contributed by atoms with Gasteiger partial charge in [-0.2, -0.15) is 0 Å². The normalized spacial score (nSPS) is 21.8. The summed E-state index contributed by atoms with van der Waals surface area (Å²) in [6.45, 7) is 11.6. The predicted octanol–water partition coefficient (Wildman–Crippen LogP) is 2.90. The van der Waals surface area contributed by atoms with Crippen LogP contribution in [0, 0.1) is 5.92 Å². The number of piperidine rings is 1. The van der Waals surface area contributed by atoms with E-state index in [1.165, 1.54) is 0 Å². The summed E-state index contributed by atoms with van der Waals surface area (Å²) in [4.78, 5) is 11.3. The van der Waals surface area contributed by atoms with E-state index in [2.05, 4.69) is 33.6 Å². The van der Waals surface area contributed by atoms with E-state index in [1.54, 1.807) is 0 Å². The van der Waals surface area contributed by atoms with Gasteiger partial charge in [0.05, 0.1) is 24.5 Å². The Hall–Kier alpha value is -0.830. The highest BCUT2D eigenvalue weighted by Gasteiger charge is 2.29. The second kappa shape index (κ2) is 10.4. The summed E-state index contributed by atoms with van der Waals surface area (Å²) in [6, 6.07) is 0.404. The van der Waals surface area contributed by atoms with Crippen LogP contribution in [-0.4, -0.2) is 57.3 Å². The zero-order chi connectivity index (χ0) is 17.6. The van der Waals surface area contributed by atoms with Crippen molar-refractivity contribution in [2.24, 2.45) is 10.9 Å². The number of guanidine groups is 1. The van der Waals surface area contributed by atoms with Gasteiger partial charge in [0.25, 0.3) is 0 Å². The van der Waals surface area contributed by atoms with Crippen molar-refractivity contribution in [3.8, 4) is 0 Å². The van der Waals surface area contributed by atoms with Crippen molar-refractivity contribution in [1.29, 1.82) is 0 Å². The molecule has 2 N–H and O–H groups in total. The van der Waals surface area contributed by atoms with Gasteiger partial charge in [-0.25, -0.2) is 4.98 Å². The first-order valence-electron chi connectivity index (χ1n) is 9.26. The lowest BCUT2D eigenvalue weighted by Crippen LogP contribution is -2.49. The maximum Gasteiger partial charge on any atom is 0.194 e. The van der Waals surface area contributed by atoms with Crippen LogP contribution in [0.5, 0.6) is 0 Å². The van der Waals surface area contributed by atoms with Crippen LogP contribution in [-0.2, 0) is 0 Å². The van der Waals surface area contributed by atoms with Crippen molar-refractivity contribution in [1.82, 2.24) is 19.8 Å². The van der Waals surface area contributed by atoms with Gasteiger partial charge in [0.2, 0.25) is 0 Å². The van der Waals surface area contributed by atoms with Crippen LogP contribution >= 0.6 is 24.0 Å². The van der Waals surface area contributed by atoms with Gasteiger partial charge in [-0.05, 0) is 32.1 Å². The monoisotopic (exact) mass is 463 g/mol. The number of nitrogens with one attached hydrogen (secondary N) is 1. The molecule has 0 aliphatic carbocycles. The molecule has 0 aromatic carbocycles. The Labute approximate surface area is 169 Å². The number of imidazole rings is 1. The van der Waals surface area contributed by atoms with Gasteiger partial charge in [0, 0.05) is 32.0 Å². The Balaban J connectivity index is 0.00000312. The number of halogens is 1. The number of aromatic nitrogens is 2. The van der Waals surface area contributed by atoms with E-state index in [4.69, 9.17) is 4.99 Å². The largest absolute Gasteiger partial charge is 0.388 e. The molecule has 1 aromatic rings. The Morgan fingerprint density at radius 3 is 2.64 bits per heavy atom. The van der Waals surface area contributed by atoms with Crippen LogP contribution in [0.15, 0.2) is 23.7 Å². The lowest BCUT2D eigenvalue weighted by molar-refractivity contribution is 0.0414. The Morgan fingerprint density at radius 2 is 2.08 bits per heavy atom. The average Bonchev–Trinajstić information content (AvgIpc) is 3.13. The summed E-state index contributed by atoms with van der Waals surface area (Å²) in [5.41, 5.74) is -0.701. The third-order valence-electron chi connectivity index (χ3n) is 5.30. The topological polar surface area (TPSA) is 65.7 Å². The Kier molecular flexibility index (Phi) is 9.20.